The fraction of sp³-hybridized carbons (Fsp3) is 0.357. The number of hydrogen-bond acceptors (Lipinski definition) is 6. The first-order chi connectivity index (χ1) is 17.3. The van der Waals surface area contributed by atoms with Gasteiger partial charge in [0.1, 0.15) is 29.3 Å². The van der Waals surface area contributed by atoms with Crippen LogP contribution in [-0.4, -0.2) is 50.7 Å². The Bertz CT molecular complexity index is 1360. The highest BCUT2D eigenvalue weighted by Crippen LogP contribution is 2.36. The van der Waals surface area contributed by atoms with Gasteiger partial charge in [-0.1, -0.05) is 39.0 Å². The standard InChI is InChI=1S/C28H32N6O2/c1-28(2,3)27(35)31-25-23-24(19-12-14-22(15-13-19)36-21-10-6-5-7-11-21)32-34(26(23)30-18-29-25)20-9-8-16-33(4)17-20/h5-7,10-15,18,20H,8-9,16-17H2,1-4H3,(H,29,30,31,35). The minimum atomic E-state index is -0.560. The average molecular weight is 485 g/mol. The summed E-state index contributed by atoms with van der Waals surface area (Å²) in [5, 5.41) is 8.83. The molecule has 5 rings (SSSR count). The Kier molecular flexibility index (Phi) is 6.45. The molecule has 2 aromatic carbocycles. The third kappa shape index (κ3) is 4.95. The van der Waals surface area contributed by atoms with Gasteiger partial charge in [-0.15, -0.1) is 0 Å². The van der Waals surface area contributed by atoms with E-state index in [0.29, 0.717) is 5.82 Å². The summed E-state index contributed by atoms with van der Waals surface area (Å²) < 4.78 is 7.99. The molecule has 1 N–H and O–H groups in total. The van der Waals surface area contributed by atoms with Gasteiger partial charge in [0, 0.05) is 17.5 Å². The van der Waals surface area contributed by atoms with E-state index in [-0.39, 0.29) is 11.9 Å². The lowest BCUT2D eigenvalue weighted by molar-refractivity contribution is -0.123. The predicted octanol–water partition coefficient (Wildman–Crippen LogP) is 5.54. The third-order valence-corrected chi connectivity index (χ3v) is 6.45. The topological polar surface area (TPSA) is 85.2 Å². The molecule has 186 valence electrons. The number of fused-ring (bicyclic) bond motifs is 1. The summed E-state index contributed by atoms with van der Waals surface area (Å²) in [5.41, 5.74) is 1.82. The molecule has 8 nitrogen and oxygen atoms in total. The van der Waals surface area contributed by atoms with Crippen LogP contribution in [-0.2, 0) is 4.79 Å². The number of aromatic nitrogens is 4. The highest BCUT2D eigenvalue weighted by atomic mass is 16.5. The van der Waals surface area contributed by atoms with E-state index in [4.69, 9.17) is 9.84 Å². The lowest BCUT2D eigenvalue weighted by Gasteiger charge is -2.29. The summed E-state index contributed by atoms with van der Waals surface area (Å²) in [7, 11) is 2.13. The molecule has 0 spiro atoms. The second kappa shape index (κ2) is 9.70. The first kappa shape index (κ1) is 23.9. The molecule has 1 aliphatic rings. The van der Waals surface area contributed by atoms with Gasteiger partial charge in [0.25, 0.3) is 0 Å². The normalized spacial score (nSPS) is 16.7. The van der Waals surface area contributed by atoms with Crippen LogP contribution in [0.15, 0.2) is 60.9 Å². The van der Waals surface area contributed by atoms with Gasteiger partial charge in [-0.25, -0.2) is 14.6 Å². The highest BCUT2D eigenvalue weighted by molar-refractivity contribution is 6.05. The van der Waals surface area contributed by atoms with Crippen molar-refractivity contribution in [1.29, 1.82) is 0 Å². The van der Waals surface area contributed by atoms with E-state index < -0.39 is 5.41 Å². The lowest BCUT2D eigenvalue weighted by atomic mass is 9.95. The zero-order valence-corrected chi connectivity index (χ0v) is 21.2. The maximum atomic E-state index is 12.9. The maximum absolute atomic E-state index is 12.9. The molecule has 1 atom stereocenters. The van der Waals surface area contributed by atoms with Crippen molar-refractivity contribution < 1.29 is 9.53 Å². The quantitative estimate of drug-likeness (QED) is 0.401. The van der Waals surface area contributed by atoms with Crippen LogP contribution in [0.2, 0.25) is 0 Å². The van der Waals surface area contributed by atoms with Gasteiger partial charge in [0.2, 0.25) is 5.91 Å². The Labute approximate surface area is 211 Å². The van der Waals surface area contributed by atoms with E-state index in [1.54, 1.807) is 0 Å². The Balaban J connectivity index is 1.57. The van der Waals surface area contributed by atoms with Crippen molar-refractivity contribution in [1.82, 2.24) is 24.6 Å². The van der Waals surface area contributed by atoms with Gasteiger partial charge in [-0.05, 0) is 62.8 Å². The molecule has 3 heterocycles. The summed E-state index contributed by atoms with van der Waals surface area (Å²) in [6.07, 6.45) is 3.63. The number of rotatable bonds is 5. The largest absolute Gasteiger partial charge is 0.457 e. The summed E-state index contributed by atoms with van der Waals surface area (Å²) in [6.45, 7) is 7.62. The fourth-order valence-corrected chi connectivity index (χ4v) is 4.46. The van der Waals surface area contributed by atoms with Crippen molar-refractivity contribution in [3.8, 4) is 22.8 Å². The van der Waals surface area contributed by atoms with Crippen molar-refractivity contribution in [2.24, 2.45) is 5.41 Å². The maximum Gasteiger partial charge on any atom is 0.230 e. The van der Waals surface area contributed by atoms with Gasteiger partial charge < -0.3 is 15.0 Å². The van der Waals surface area contributed by atoms with Gasteiger partial charge >= 0.3 is 0 Å². The summed E-state index contributed by atoms with van der Waals surface area (Å²) in [6, 6.07) is 17.7. The molecule has 1 aliphatic heterocycles. The van der Waals surface area contributed by atoms with Gasteiger partial charge in [0.15, 0.2) is 5.65 Å². The minimum absolute atomic E-state index is 0.106. The smallest absolute Gasteiger partial charge is 0.230 e. The van der Waals surface area contributed by atoms with Crippen molar-refractivity contribution in [3.63, 3.8) is 0 Å². The third-order valence-electron chi connectivity index (χ3n) is 6.45. The zero-order chi connectivity index (χ0) is 25.3. The van der Waals surface area contributed by atoms with Crippen molar-refractivity contribution >= 4 is 22.8 Å². The number of piperidine rings is 1. The Morgan fingerprint density at radius 2 is 1.75 bits per heavy atom. The SMILES string of the molecule is CN1CCCC(n2nc(-c3ccc(Oc4ccccc4)cc3)c3c(NC(=O)C(C)(C)C)ncnc32)C1. The molecule has 1 saturated heterocycles. The van der Waals surface area contributed by atoms with Gasteiger partial charge in [-0.2, -0.15) is 5.10 Å². The molecule has 4 aromatic rings. The monoisotopic (exact) mass is 484 g/mol. The van der Waals surface area contributed by atoms with Crippen LogP contribution in [0.5, 0.6) is 11.5 Å². The number of likely N-dealkylation sites (tertiary alicyclic amines) is 1. The number of para-hydroxylation sites is 1. The van der Waals surface area contributed by atoms with E-state index in [9.17, 15) is 4.79 Å². The number of ether oxygens (including phenoxy) is 1. The van der Waals surface area contributed by atoms with Crippen LogP contribution >= 0.6 is 0 Å². The van der Waals surface area contributed by atoms with Crippen LogP contribution in [0.4, 0.5) is 5.82 Å². The van der Waals surface area contributed by atoms with Crippen LogP contribution in [0.25, 0.3) is 22.3 Å². The molecular weight excluding hydrogens is 452 g/mol. The summed E-state index contributed by atoms with van der Waals surface area (Å²) in [5.74, 6) is 1.89. The van der Waals surface area contributed by atoms with Gasteiger partial charge in [0.05, 0.1) is 11.4 Å². The number of nitrogens with zero attached hydrogens (tertiary/aromatic N) is 5. The minimum Gasteiger partial charge on any atom is -0.457 e. The number of carbonyl (C=O) groups is 1. The molecule has 1 fully saturated rings. The highest BCUT2D eigenvalue weighted by Gasteiger charge is 2.28. The molecule has 0 aliphatic carbocycles. The number of benzene rings is 2. The molecule has 36 heavy (non-hydrogen) atoms. The van der Waals surface area contributed by atoms with Crippen molar-refractivity contribution in [2.45, 2.75) is 39.7 Å². The Hall–Kier alpha value is -3.78. The molecule has 1 amide bonds. The van der Waals surface area contributed by atoms with Crippen molar-refractivity contribution in [3.05, 3.63) is 60.9 Å². The summed E-state index contributed by atoms with van der Waals surface area (Å²) >= 11 is 0. The molecule has 0 bridgehead atoms. The lowest BCUT2D eigenvalue weighted by Crippen LogP contribution is -2.34. The van der Waals surface area contributed by atoms with Crippen LogP contribution in [0, 0.1) is 5.41 Å². The van der Waals surface area contributed by atoms with Crippen LogP contribution in [0.1, 0.15) is 39.7 Å². The molecule has 2 aromatic heterocycles. The second-order valence-electron chi connectivity index (χ2n) is 10.4. The number of likely N-dealkylation sites (N-methyl/N-ethyl adjacent to an activating group) is 1. The molecule has 8 heteroatoms. The molecule has 0 saturated carbocycles. The van der Waals surface area contributed by atoms with E-state index in [2.05, 4.69) is 27.2 Å². The molecular formula is C28H32N6O2. The first-order valence-corrected chi connectivity index (χ1v) is 12.4. The van der Waals surface area contributed by atoms with E-state index in [0.717, 1.165) is 59.7 Å². The van der Waals surface area contributed by atoms with E-state index in [1.165, 1.54) is 6.33 Å². The molecule has 1 unspecified atom stereocenters. The van der Waals surface area contributed by atoms with Crippen LogP contribution < -0.4 is 10.1 Å². The number of anilines is 1. The zero-order valence-electron chi connectivity index (χ0n) is 21.2. The van der Waals surface area contributed by atoms with E-state index in [1.807, 2.05) is 80.1 Å². The van der Waals surface area contributed by atoms with Gasteiger partial charge in [-0.3, -0.25) is 4.79 Å². The van der Waals surface area contributed by atoms with Crippen LogP contribution in [0.3, 0.4) is 0 Å². The van der Waals surface area contributed by atoms with Crippen molar-refractivity contribution in [2.75, 3.05) is 25.5 Å². The Morgan fingerprint density at radius 3 is 2.44 bits per heavy atom. The number of nitrogens with one attached hydrogen (secondary N) is 1. The predicted molar refractivity (Wildman–Crippen MR) is 141 cm³/mol. The molecule has 0 radical (unpaired) electrons. The van der Waals surface area contributed by atoms with E-state index >= 15 is 0 Å². The first-order valence-electron chi connectivity index (χ1n) is 12.4. The second-order valence-corrected chi connectivity index (χ2v) is 10.4. The summed E-state index contributed by atoms with van der Waals surface area (Å²) in [4.78, 5) is 24.3. The number of hydrogen-bond donors (Lipinski definition) is 1. The number of amides is 1. The number of carbonyl (C=O) groups excluding carboxylic acids is 1. The Morgan fingerprint density at radius 1 is 1.03 bits per heavy atom. The average Bonchev–Trinajstić information content (AvgIpc) is 3.25. The fourth-order valence-electron chi connectivity index (χ4n) is 4.46.